The molecule has 6 heteroatoms. The molecule has 1 saturated heterocycles. The van der Waals surface area contributed by atoms with Gasteiger partial charge in [-0.2, -0.15) is 0 Å². The van der Waals surface area contributed by atoms with Gasteiger partial charge in [-0.15, -0.1) is 0 Å². The molecule has 27 heavy (non-hydrogen) atoms. The molecule has 1 amide bonds. The van der Waals surface area contributed by atoms with Crippen LogP contribution in [0.5, 0.6) is 0 Å². The van der Waals surface area contributed by atoms with E-state index in [-0.39, 0.29) is 12.0 Å². The lowest BCUT2D eigenvalue weighted by Crippen LogP contribution is -2.46. The van der Waals surface area contributed by atoms with E-state index in [1.807, 2.05) is 23.1 Å². The van der Waals surface area contributed by atoms with Crippen molar-refractivity contribution in [3.8, 4) is 0 Å². The van der Waals surface area contributed by atoms with E-state index >= 15 is 0 Å². The number of nitrogens with one attached hydrogen (secondary N) is 2. The van der Waals surface area contributed by atoms with Crippen molar-refractivity contribution in [3.63, 3.8) is 0 Å². The molecule has 148 valence electrons. The molecular formula is C21H32N4O2. The molecule has 2 aliphatic rings. The summed E-state index contributed by atoms with van der Waals surface area (Å²) in [7, 11) is 1.77. The average Bonchev–Trinajstić information content (AvgIpc) is 3.39. The maximum absolute atomic E-state index is 12.5. The molecule has 2 N–H and O–H groups in total. The summed E-state index contributed by atoms with van der Waals surface area (Å²) >= 11 is 0. The van der Waals surface area contributed by atoms with Crippen molar-refractivity contribution < 1.29 is 9.53 Å². The van der Waals surface area contributed by atoms with Crippen molar-refractivity contribution in [1.82, 2.24) is 15.5 Å². The van der Waals surface area contributed by atoms with E-state index in [1.54, 1.807) is 7.05 Å². The highest BCUT2D eigenvalue weighted by atomic mass is 16.5. The first kappa shape index (κ1) is 19.7. The Morgan fingerprint density at radius 1 is 1.22 bits per heavy atom. The number of guanidine groups is 1. The van der Waals surface area contributed by atoms with Crippen LogP contribution in [0, 0.1) is 5.92 Å². The monoisotopic (exact) mass is 372 g/mol. The van der Waals surface area contributed by atoms with Crippen molar-refractivity contribution in [2.24, 2.45) is 10.9 Å². The largest absolute Gasteiger partial charge is 0.375 e. The first-order valence-electron chi connectivity index (χ1n) is 10.1. The highest BCUT2D eigenvalue weighted by Gasteiger charge is 2.32. The third kappa shape index (κ3) is 5.96. The molecule has 1 aliphatic heterocycles. The van der Waals surface area contributed by atoms with Gasteiger partial charge in [0.2, 0.25) is 5.91 Å². The summed E-state index contributed by atoms with van der Waals surface area (Å²) in [5, 5.41) is 6.73. The molecular weight excluding hydrogens is 340 g/mol. The van der Waals surface area contributed by atoms with Crippen molar-refractivity contribution in [2.45, 2.75) is 44.8 Å². The lowest BCUT2D eigenvalue weighted by Gasteiger charge is -2.21. The van der Waals surface area contributed by atoms with Gasteiger partial charge in [0.05, 0.1) is 13.2 Å². The van der Waals surface area contributed by atoms with Crippen LogP contribution in [0.3, 0.4) is 0 Å². The number of amides is 1. The van der Waals surface area contributed by atoms with Gasteiger partial charge in [0, 0.05) is 38.6 Å². The summed E-state index contributed by atoms with van der Waals surface area (Å²) in [6.07, 6.45) is 5.52. The number of carbonyl (C=O) groups is 1. The van der Waals surface area contributed by atoms with Crippen LogP contribution >= 0.6 is 0 Å². The van der Waals surface area contributed by atoms with E-state index in [0.29, 0.717) is 25.7 Å². The number of carbonyl (C=O) groups excluding carboxylic acids is 1. The second kappa shape index (κ2) is 10.3. The molecule has 1 aliphatic carbocycles. The zero-order valence-corrected chi connectivity index (χ0v) is 16.3. The number of rotatable bonds is 7. The standard InChI is InChI=1S/C21H32N4O2/c1-22-21(23-12-14-27-16-17-7-3-2-4-8-17)24-19-11-13-25(15-19)20(26)18-9-5-6-10-18/h2-4,7-8,18-19H,5-6,9-16H2,1H3,(H2,22,23,24). The van der Waals surface area contributed by atoms with Crippen molar-refractivity contribution in [3.05, 3.63) is 35.9 Å². The van der Waals surface area contributed by atoms with Crippen molar-refractivity contribution in [1.29, 1.82) is 0 Å². The molecule has 1 unspecified atom stereocenters. The van der Waals surface area contributed by atoms with Gasteiger partial charge in [-0.3, -0.25) is 9.79 Å². The van der Waals surface area contributed by atoms with Gasteiger partial charge in [-0.25, -0.2) is 0 Å². The van der Waals surface area contributed by atoms with E-state index in [9.17, 15) is 4.79 Å². The Labute approximate surface area is 162 Å². The lowest BCUT2D eigenvalue weighted by molar-refractivity contribution is -0.134. The number of nitrogens with zero attached hydrogens (tertiary/aromatic N) is 2. The molecule has 0 radical (unpaired) electrons. The molecule has 1 atom stereocenters. The van der Waals surface area contributed by atoms with Crippen LogP contribution in [0.4, 0.5) is 0 Å². The molecule has 0 spiro atoms. The molecule has 6 nitrogen and oxygen atoms in total. The third-order valence-electron chi connectivity index (χ3n) is 5.42. The highest BCUT2D eigenvalue weighted by Crippen LogP contribution is 2.27. The summed E-state index contributed by atoms with van der Waals surface area (Å²) in [6.45, 7) is 3.57. The SMILES string of the molecule is CN=C(NCCOCc1ccccc1)NC1CCN(C(=O)C2CCCC2)C1. The first-order chi connectivity index (χ1) is 13.3. The normalized spacial score (nSPS) is 20.9. The maximum atomic E-state index is 12.5. The molecule has 1 aromatic rings. The third-order valence-corrected chi connectivity index (χ3v) is 5.42. The maximum Gasteiger partial charge on any atom is 0.225 e. The average molecular weight is 373 g/mol. The Bertz CT molecular complexity index is 614. The Hall–Kier alpha value is -2.08. The molecule has 1 aromatic carbocycles. The predicted molar refractivity (Wildman–Crippen MR) is 108 cm³/mol. The summed E-state index contributed by atoms with van der Waals surface area (Å²) in [4.78, 5) is 18.9. The Morgan fingerprint density at radius 2 is 2.00 bits per heavy atom. The number of likely N-dealkylation sites (tertiary alicyclic amines) is 1. The van der Waals surface area contributed by atoms with Gasteiger partial charge < -0.3 is 20.3 Å². The number of aliphatic imine (C=N–C) groups is 1. The minimum atomic E-state index is 0.267. The molecule has 0 aromatic heterocycles. The van der Waals surface area contributed by atoms with Crippen molar-refractivity contribution in [2.75, 3.05) is 33.3 Å². The van der Waals surface area contributed by atoms with Crippen LogP contribution < -0.4 is 10.6 Å². The second-order valence-electron chi connectivity index (χ2n) is 7.43. The Kier molecular flexibility index (Phi) is 7.51. The van der Waals surface area contributed by atoms with E-state index in [0.717, 1.165) is 38.3 Å². The minimum Gasteiger partial charge on any atom is -0.375 e. The van der Waals surface area contributed by atoms with Crippen LogP contribution in [-0.4, -0.2) is 56.1 Å². The van der Waals surface area contributed by atoms with Gasteiger partial charge in [-0.05, 0) is 24.8 Å². The van der Waals surface area contributed by atoms with Crippen LogP contribution in [0.2, 0.25) is 0 Å². The fourth-order valence-electron chi connectivity index (χ4n) is 3.90. The van der Waals surface area contributed by atoms with Gasteiger partial charge in [-0.1, -0.05) is 43.2 Å². The van der Waals surface area contributed by atoms with Crippen LogP contribution in [-0.2, 0) is 16.1 Å². The van der Waals surface area contributed by atoms with E-state index in [4.69, 9.17) is 4.74 Å². The molecule has 3 rings (SSSR count). The van der Waals surface area contributed by atoms with Gasteiger partial charge >= 0.3 is 0 Å². The van der Waals surface area contributed by atoms with E-state index in [2.05, 4.69) is 27.8 Å². The Balaban J connectivity index is 1.32. The topological polar surface area (TPSA) is 66.0 Å². The fourth-order valence-corrected chi connectivity index (χ4v) is 3.90. The Morgan fingerprint density at radius 3 is 2.74 bits per heavy atom. The second-order valence-corrected chi connectivity index (χ2v) is 7.43. The fraction of sp³-hybridized carbons (Fsp3) is 0.619. The number of hydrogen-bond donors (Lipinski definition) is 2. The van der Waals surface area contributed by atoms with Gasteiger partial charge in [0.25, 0.3) is 0 Å². The molecule has 1 saturated carbocycles. The predicted octanol–water partition coefficient (Wildman–Crippen LogP) is 2.16. The zero-order chi connectivity index (χ0) is 18.9. The van der Waals surface area contributed by atoms with Gasteiger partial charge in [0.15, 0.2) is 5.96 Å². The number of benzene rings is 1. The molecule has 0 bridgehead atoms. The molecule has 1 heterocycles. The summed E-state index contributed by atoms with van der Waals surface area (Å²) < 4.78 is 5.69. The zero-order valence-electron chi connectivity index (χ0n) is 16.3. The van der Waals surface area contributed by atoms with E-state index in [1.165, 1.54) is 18.4 Å². The minimum absolute atomic E-state index is 0.267. The molecule has 2 fully saturated rings. The number of hydrogen-bond acceptors (Lipinski definition) is 3. The van der Waals surface area contributed by atoms with Crippen molar-refractivity contribution >= 4 is 11.9 Å². The highest BCUT2D eigenvalue weighted by molar-refractivity contribution is 5.81. The van der Waals surface area contributed by atoms with E-state index < -0.39 is 0 Å². The summed E-state index contributed by atoms with van der Waals surface area (Å²) in [5.41, 5.74) is 1.18. The quantitative estimate of drug-likeness (QED) is 0.437. The smallest absolute Gasteiger partial charge is 0.225 e. The summed E-state index contributed by atoms with van der Waals surface area (Å²) in [6, 6.07) is 10.4. The number of ether oxygens (including phenoxy) is 1. The summed E-state index contributed by atoms with van der Waals surface area (Å²) in [5.74, 6) is 1.40. The lowest BCUT2D eigenvalue weighted by atomic mass is 10.1. The first-order valence-corrected chi connectivity index (χ1v) is 10.1. The van der Waals surface area contributed by atoms with Gasteiger partial charge in [0.1, 0.15) is 0 Å². The van der Waals surface area contributed by atoms with Crippen LogP contribution in [0.1, 0.15) is 37.7 Å². The van der Waals surface area contributed by atoms with Crippen LogP contribution in [0.25, 0.3) is 0 Å². The van der Waals surface area contributed by atoms with Crippen LogP contribution in [0.15, 0.2) is 35.3 Å².